The van der Waals surface area contributed by atoms with Gasteiger partial charge in [0.05, 0.1) is 30.9 Å². The molecule has 2 amide bonds. The van der Waals surface area contributed by atoms with E-state index in [0.717, 1.165) is 16.0 Å². The summed E-state index contributed by atoms with van der Waals surface area (Å²) < 4.78 is 0. The number of aliphatic hydroxyl groups is 1. The standard InChI is InChI=1S/C16H15NO4/c18-6-5-17-15(20)13-10-7-11(19)12(14(13)16(17)21)9-4-2-1-3-8(9)10/h1-4,10,12-14,18H,5-7H2/t10-,12+,13-,14+/m0/s1. The van der Waals surface area contributed by atoms with Gasteiger partial charge in [-0.15, -0.1) is 0 Å². The lowest BCUT2D eigenvalue weighted by Gasteiger charge is -2.43. The second-order valence-corrected chi connectivity index (χ2v) is 5.99. The zero-order chi connectivity index (χ0) is 14.7. The van der Waals surface area contributed by atoms with Crippen LogP contribution in [0.25, 0.3) is 0 Å². The molecule has 1 aromatic rings. The number of aliphatic hydroxyl groups excluding tert-OH is 1. The van der Waals surface area contributed by atoms with Gasteiger partial charge < -0.3 is 5.11 Å². The van der Waals surface area contributed by atoms with Gasteiger partial charge in [-0.1, -0.05) is 24.3 Å². The molecule has 5 rings (SSSR count). The van der Waals surface area contributed by atoms with Crippen molar-refractivity contribution in [2.45, 2.75) is 18.3 Å². The zero-order valence-corrected chi connectivity index (χ0v) is 11.4. The molecule has 2 bridgehead atoms. The van der Waals surface area contributed by atoms with Gasteiger partial charge in [0.15, 0.2) is 0 Å². The Balaban J connectivity index is 1.87. The van der Waals surface area contributed by atoms with Gasteiger partial charge in [0.1, 0.15) is 5.78 Å². The number of rotatable bonds is 2. The third kappa shape index (κ3) is 1.47. The van der Waals surface area contributed by atoms with E-state index in [0.29, 0.717) is 6.42 Å². The smallest absolute Gasteiger partial charge is 0.234 e. The maximum atomic E-state index is 12.5. The fourth-order valence-electron chi connectivity index (χ4n) is 4.34. The Kier molecular flexibility index (Phi) is 2.57. The van der Waals surface area contributed by atoms with Crippen LogP contribution in [0.4, 0.5) is 0 Å². The SMILES string of the molecule is O=C1C[C@H]2c3ccccc3[C@H]1[C@H]1C(=O)N(CCO)C(=O)[C@H]12. The summed E-state index contributed by atoms with van der Waals surface area (Å²) in [6.07, 6.45) is 0.342. The lowest BCUT2D eigenvalue weighted by molar-refractivity contribution is -0.141. The first-order valence-corrected chi connectivity index (χ1v) is 7.22. The molecule has 5 heteroatoms. The molecule has 0 unspecified atom stereocenters. The topological polar surface area (TPSA) is 74.7 Å². The number of hydrogen-bond donors (Lipinski definition) is 1. The van der Waals surface area contributed by atoms with Crippen LogP contribution in [0.2, 0.25) is 0 Å². The van der Waals surface area contributed by atoms with E-state index >= 15 is 0 Å². The van der Waals surface area contributed by atoms with Crippen molar-refractivity contribution in [3.63, 3.8) is 0 Å². The Morgan fingerprint density at radius 3 is 2.43 bits per heavy atom. The van der Waals surface area contributed by atoms with E-state index in [9.17, 15) is 14.4 Å². The highest BCUT2D eigenvalue weighted by atomic mass is 16.3. The quantitative estimate of drug-likeness (QED) is 0.800. The Bertz CT molecular complexity index is 668. The van der Waals surface area contributed by atoms with E-state index < -0.39 is 17.8 Å². The first kappa shape index (κ1) is 12.7. The number of carbonyl (C=O) groups is 3. The monoisotopic (exact) mass is 285 g/mol. The van der Waals surface area contributed by atoms with Crippen molar-refractivity contribution >= 4 is 17.6 Å². The number of β-amino-alcohol motifs (C(OH)–C–C–N with tert-alkyl or cyclic N) is 1. The first-order valence-electron chi connectivity index (χ1n) is 7.22. The molecule has 1 heterocycles. The maximum Gasteiger partial charge on any atom is 0.234 e. The van der Waals surface area contributed by atoms with E-state index in [-0.39, 0.29) is 36.7 Å². The number of carbonyl (C=O) groups excluding carboxylic acids is 3. The minimum absolute atomic E-state index is 0.0225. The van der Waals surface area contributed by atoms with Crippen molar-refractivity contribution in [1.82, 2.24) is 4.90 Å². The number of ketones is 1. The van der Waals surface area contributed by atoms with Crippen LogP contribution in [0, 0.1) is 11.8 Å². The third-order valence-electron chi connectivity index (χ3n) is 5.10. The van der Waals surface area contributed by atoms with Crippen LogP contribution < -0.4 is 0 Å². The van der Waals surface area contributed by atoms with Crippen LogP contribution in [0.3, 0.4) is 0 Å². The molecule has 21 heavy (non-hydrogen) atoms. The summed E-state index contributed by atoms with van der Waals surface area (Å²) in [6.45, 7) is -0.220. The average molecular weight is 285 g/mol. The van der Waals surface area contributed by atoms with Gasteiger partial charge >= 0.3 is 0 Å². The molecule has 1 N–H and O–H groups in total. The zero-order valence-electron chi connectivity index (χ0n) is 11.4. The molecule has 5 nitrogen and oxygen atoms in total. The average Bonchev–Trinajstić information content (AvgIpc) is 2.74. The number of benzene rings is 1. The maximum absolute atomic E-state index is 12.5. The molecule has 108 valence electrons. The number of likely N-dealkylation sites (tertiary alicyclic amines) is 1. The second-order valence-electron chi connectivity index (χ2n) is 5.99. The number of imide groups is 1. The molecule has 1 aliphatic heterocycles. The highest BCUT2D eigenvalue weighted by Gasteiger charge is 2.62. The van der Waals surface area contributed by atoms with Crippen molar-refractivity contribution < 1.29 is 19.5 Å². The van der Waals surface area contributed by atoms with Crippen molar-refractivity contribution in [2.24, 2.45) is 11.8 Å². The number of hydrogen-bond acceptors (Lipinski definition) is 4. The third-order valence-corrected chi connectivity index (χ3v) is 5.10. The molecule has 4 atom stereocenters. The van der Waals surface area contributed by atoms with Crippen molar-refractivity contribution in [3.8, 4) is 0 Å². The van der Waals surface area contributed by atoms with Crippen LogP contribution in [-0.4, -0.2) is 40.8 Å². The summed E-state index contributed by atoms with van der Waals surface area (Å²) in [5.74, 6) is -2.13. The normalized spacial score (nSPS) is 33.4. The van der Waals surface area contributed by atoms with Gasteiger partial charge in [-0.25, -0.2) is 0 Å². The lowest BCUT2D eigenvalue weighted by Crippen LogP contribution is -2.44. The summed E-state index contributed by atoms with van der Waals surface area (Å²) >= 11 is 0. The molecule has 1 saturated carbocycles. The number of amides is 2. The summed E-state index contributed by atoms with van der Waals surface area (Å²) in [6, 6.07) is 7.63. The molecular formula is C16H15NO4. The minimum Gasteiger partial charge on any atom is -0.395 e. The first-order chi connectivity index (χ1) is 10.1. The summed E-state index contributed by atoms with van der Waals surface area (Å²) in [7, 11) is 0. The van der Waals surface area contributed by atoms with Crippen molar-refractivity contribution in [1.29, 1.82) is 0 Å². The highest BCUT2D eigenvalue weighted by molar-refractivity contribution is 6.11. The highest BCUT2D eigenvalue weighted by Crippen LogP contribution is 2.57. The Morgan fingerprint density at radius 1 is 1.05 bits per heavy atom. The Morgan fingerprint density at radius 2 is 1.71 bits per heavy atom. The van der Waals surface area contributed by atoms with Crippen LogP contribution in [0.1, 0.15) is 29.4 Å². The summed E-state index contributed by atoms with van der Waals surface area (Å²) in [5, 5.41) is 9.06. The Hall–Kier alpha value is -2.01. The van der Waals surface area contributed by atoms with Crippen LogP contribution in [0.5, 0.6) is 0 Å². The van der Waals surface area contributed by atoms with Crippen molar-refractivity contribution in [3.05, 3.63) is 35.4 Å². The molecule has 0 aromatic heterocycles. The van der Waals surface area contributed by atoms with Crippen LogP contribution in [0.15, 0.2) is 24.3 Å². The molecule has 2 fully saturated rings. The largest absolute Gasteiger partial charge is 0.395 e. The minimum atomic E-state index is -0.565. The Labute approximate surface area is 121 Å². The number of Topliss-reactive ketones (excluding diaryl/α,β-unsaturated/α-hetero) is 1. The van der Waals surface area contributed by atoms with Gasteiger partial charge in [-0.2, -0.15) is 0 Å². The predicted molar refractivity (Wildman–Crippen MR) is 72.3 cm³/mol. The summed E-state index contributed by atoms with van der Waals surface area (Å²) in [4.78, 5) is 38.5. The molecule has 0 radical (unpaired) electrons. The lowest BCUT2D eigenvalue weighted by atomic mass is 9.56. The van der Waals surface area contributed by atoms with Gasteiger partial charge in [-0.3, -0.25) is 19.3 Å². The molecule has 0 spiro atoms. The van der Waals surface area contributed by atoms with Gasteiger partial charge in [-0.05, 0) is 11.1 Å². The fourth-order valence-corrected chi connectivity index (χ4v) is 4.34. The van der Waals surface area contributed by atoms with E-state index in [2.05, 4.69) is 0 Å². The fraction of sp³-hybridized carbons (Fsp3) is 0.438. The molecule has 1 aromatic carbocycles. The molecular weight excluding hydrogens is 270 g/mol. The number of fused-ring (bicyclic) bond motifs is 1. The van der Waals surface area contributed by atoms with Crippen LogP contribution >= 0.6 is 0 Å². The molecule has 1 saturated heterocycles. The van der Waals surface area contributed by atoms with E-state index in [1.54, 1.807) is 0 Å². The van der Waals surface area contributed by atoms with Gasteiger partial charge in [0, 0.05) is 12.3 Å². The van der Waals surface area contributed by atoms with E-state index in [4.69, 9.17) is 5.11 Å². The predicted octanol–water partition coefficient (Wildman–Crippen LogP) is 0.434. The van der Waals surface area contributed by atoms with Crippen molar-refractivity contribution in [2.75, 3.05) is 13.2 Å². The van der Waals surface area contributed by atoms with Gasteiger partial charge in [0.2, 0.25) is 11.8 Å². The van der Waals surface area contributed by atoms with Crippen LogP contribution in [-0.2, 0) is 14.4 Å². The van der Waals surface area contributed by atoms with Gasteiger partial charge in [0.25, 0.3) is 0 Å². The van der Waals surface area contributed by atoms with E-state index in [1.165, 1.54) is 0 Å². The molecule has 3 aliphatic carbocycles. The summed E-state index contributed by atoms with van der Waals surface area (Å²) in [5.41, 5.74) is 1.95. The van der Waals surface area contributed by atoms with E-state index in [1.807, 2.05) is 24.3 Å². The molecule has 4 aliphatic rings. The number of nitrogens with zero attached hydrogens (tertiary/aromatic N) is 1. The second kappa shape index (κ2) is 4.24.